The van der Waals surface area contributed by atoms with Crippen LogP contribution in [0.4, 0.5) is 37.4 Å². The van der Waals surface area contributed by atoms with Crippen LogP contribution in [-0.2, 0) is 15.6 Å². The first-order chi connectivity index (χ1) is 14.6. The molecule has 0 spiro atoms. The summed E-state index contributed by atoms with van der Waals surface area (Å²) in [4.78, 5) is 12.2. The van der Waals surface area contributed by atoms with E-state index in [0.717, 1.165) is 21.8 Å². The van der Waals surface area contributed by atoms with Crippen LogP contribution in [0.25, 0.3) is 0 Å². The Bertz CT molecular complexity index is 1060. The van der Waals surface area contributed by atoms with Gasteiger partial charge < -0.3 is 15.7 Å². The molecular weight excluding hydrogens is 490 g/mol. The van der Waals surface area contributed by atoms with Gasteiger partial charge in [-0.2, -0.15) is 30.6 Å². The summed E-state index contributed by atoms with van der Waals surface area (Å²) in [6.07, 6.45) is -10.5. The number of nitrogens with zero attached hydrogens (tertiary/aromatic N) is 5. The molecule has 0 aromatic carbocycles. The Hall–Kier alpha value is -2.24. The molecule has 178 valence electrons. The molecule has 0 bridgehead atoms. The van der Waals surface area contributed by atoms with E-state index >= 15 is 0 Å². The summed E-state index contributed by atoms with van der Waals surface area (Å²) in [5, 5.41) is 9.48. The van der Waals surface area contributed by atoms with E-state index in [-0.39, 0.29) is 47.3 Å². The van der Waals surface area contributed by atoms with Crippen LogP contribution in [-0.4, -0.2) is 70.8 Å². The summed E-state index contributed by atoms with van der Waals surface area (Å²) < 4.78 is 104. The van der Waals surface area contributed by atoms with E-state index < -0.39 is 39.6 Å². The molecular formula is C15H16F6N6O3S2. The first-order valence-corrected chi connectivity index (χ1v) is 11.0. The van der Waals surface area contributed by atoms with E-state index in [1.54, 1.807) is 6.92 Å². The van der Waals surface area contributed by atoms with Gasteiger partial charge in [-0.25, -0.2) is 23.4 Å². The summed E-state index contributed by atoms with van der Waals surface area (Å²) in [7, 11) is -3.88. The van der Waals surface area contributed by atoms with Crippen LogP contribution in [0.3, 0.4) is 0 Å². The van der Waals surface area contributed by atoms with Crippen molar-refractivity contribution >= 4 is 32.4 Å². The number of aromatic nitrogens is 3. The first-order valence-electron chi connectivity index (χ1n) is 8.75. The van der Waals surface area contributed by atoms with E-state index in [1.807, 2.05) is 0 Å². The molecule has 1 saturated heterocycles. The van der Waals surface area contributed by atoms with Gasteiger partial charge in [-0.05, 0) is 6.92 Å². The Morgan fingerprint density at radius 2 is 1.62 bits per heavy atom. The number of nitrogen functional groups attached to an aromatic ring is 1. The highest BCUT2D eigenvalue weighted by Gasteiger charge is 2.71. The van der Waals surface area contributed by atoms with Crippen LogP contribution in [0.15, 0.2) is 22.8 Å². The molecule has 2 aromatic heterocycles. The van der Waals surface area contributed by atoms with Gasteiger partial charge in [0, 0.05) is 43.6 Å². The van der Waals surface area contributed by atoms with Crippen molar-refractivity contribution in [1.29, 1.82) is 0 Å². The highest BCUT2D eigenvalue weighted by Crippen LogP contribution is 2.49. The molecule has 1 aliphatic rings. The number of rotatable bonds is 4. The molecule has 1 aliphatic heterocycles. The molecule has 32 heavy (non-hydrogen) atoms. The summed E-state index contributed by atoms with van der Waals surface area (Å²) in [6.45, 7) is 1.49. The summed E-state index contributed by atoms with van der Waals surface area (Å²) >= 11 is 0.786. The number of thiazole rings is 1. The predicted octanol–water partition coefficient (Wildman–Crippen LogP) is 1.73. The van der Waals surface area contributed by atoms with Crippen molar-refractivity contribution in [3.8, 4) is 0 Å². The Morgan fingerprint density at radius 3 is 2.06 bits per heavy atom. The SMILES string of the molecule is CC1CN(S(=O)(=O)c2cnc(N)s2)CCN1c1ncc(C(O)(C(F)(F)F)C(F)(F)F)cn1. The molecule has 3 heterocycles. The van der Waals surface area contributed by atoms with Crippen molar-refractivity contribution in [2.24, 2.45) is 0 Å². The fourth-order valence-corrected chi connectivity index (χ4v) is 5.69. The normalized spacial score (nSPS) is 19.4. The van der Waals surface area contributed by atoms with E-state index in [0.29, 0.717) is 0 Å². The summed E-state index contributed by atoms with van der Waals surface area (Å²) in [5.41, 5.74) is -1.25. The quantitative estimate of drug-likeness (QED) is 0.601. The first kappa shape index (κ1) is 24.4. The second kappa shape index (κ2) is 7.96. The van der Waals surface area contributed by atoms with E-state index in [2.05, 4.69) is 15.0 Å². The van der Waals surface area contributed by atoms with Crippen molar-refractivity contribution in [2.75, 3.05) is 30.3 Å². The largest absolute Gasteiger partial charge is 0.430 e. The van der Waals surface area contributed by atoms with Crippen LogP contribution in [0.5, 0.6) is 0 Å². The lowest BCUT2D eigenvalue weighted by atomic mass is 9.95. The molecule has 1 atom stereocenters. The highest BCUT2D eigenvalue weighted by atomic mass is 32.2. The second-order valence-electron chi connectivity index (χ2n) is 6.90. The molecule has 1 fully saturated rings. The van der Waals surface area contributed by atoms with Crippen LogP contribution < -0.4 is 10.6 Å². The molecule has 3 rings (SSSR count). The number of nitrogens with two attached hydrogens (primary N) is 1. The summed E-state index contributed by atoms with van der Waals surface area (Å²) in [5.74, 6) is -0.216. The molecule has 3 N–H and O–H groups in total. The zero-order chi connectivity index (χ0) is 24.1. The van der Waals surface area contributed by atoms with E-state index in [9.17, 15) is 39.9 Å². The number of alkyl halides is 6. The molecule has 0 amide bonds. The molecule has 17 heteroatoms. The van der Waals surface area contributed by atoms with Crippen LogP contribution in [0.2, 0.25) is 0 Å². The number of sulfonamides is 1. The van der Waals surface area contributed by atoms with Crippen molar-refractivity contribution in [3.63, 3.8) is 0 Å². The van der Waals surface area contributed by atoms with Gasteiger partial charge in [-0.15, -0.1) is 0 Å². The van der Waals surface area contributed by atoms with Gasteiger partial charge in [-0.1, -0.05) is 11.3 Å². The Kier molecular flexibility index (Phi) is 6.07. The van der Waals surface area contributed by atoms with E-state index in [1.165, 1.54) is 4.90 Å². The number of hydrogen-bond donors (Lipinski definition) is 2. The maximum atomic E-state index is 13.0. The van der Waals surface area contributed by atoms with Crippen LogP contribution >= 0.6 is 11.3 Å². The third-order valence-electron chi connectivity index (χ3n) is 4.82. The van der Waals surface area contributed by atoms with Gasteiger partial charge in [0.15, 0.2) is 9.34 Å². The second-order valence-corrected chi connectivity index (χ2v) is 10.1. The molecule has 0 aliphatic carbocycles. The smallest absolute Gasteiger partial charge is 0.375 e. The highest BCUT2D eigenvalue weighted by molar-refractivity contribution is 7.91. The average Bonchev–Trinajstić information content (AvgIpc) is 3.13. The van der Waals surface area contributed by atoms with Crippen LogP contribution in [0.1, 0.15) is 12.5 Å². The van der Waals surface area contributed by atoms with Crippen molar-refractivity contribution < 1.29 is 39.9 Å². The maximum Gasteiger partial charge on any atom is 0.430 e. The fraction of sp³-hybridized carbons (Fsp3) is 0.533. The van der Waals surface area contributed by atoms with E-state index in [4.69, 9.17) is 5.73 Å². The minimum absolute atomic E-state index is 0.0108. The Labute approximate surface area is 181 Å². The van der Waals surface area contributed by atoms with Crippen molar-refractivity contribution in [3.05, 3.63) is 24.2 Å². The molecule has 0 saturated carbocycles. The third-order valence-corrected chi connectivity index (χ3v) is 7.95. The third kappa shape index (κ3) is 4.08. The number of anilines is 2. The zero-order valence-corrected chi connectivity index (χ0v) is 17.7. The lowest BCUT2D eigenvalue weighted by Crippen LogP contribution is -2.55. The Balaban J connectivity index is 1.81. The average molecular weight is 506 g/mol. The Morgan fingerprint density at radius 1 is 1.06 bits per heavy atom. The molecule has 2 aromatic rings. The number of halogens is 6. The van der Waals surface area contributed by atoms with Crippen molar-refractivity contribution in [1.82, 2.24) is 19.3 Å². The van der Waals surface area contributed by atoms with Gasteiger partial charge in [-0.3, -0.25) is 0 Å². The minimum atomic E-state index is -6.05. The number of aliphatic hydroxyl groups is 1. The maximum absolute atomic E-state index is 13.0. The fourth-order valence-electron chi connectivity index (χ4n) is 3.10. The molecule has 1 unspecified atom stereocenters. The monoisotopic (exact) mass is 506 g/mol. The number of hydrogen-bond acceptors (Lipinski definition) is 9. The van der Waals surface area contributed by atoms with Gasteiger partial charge in [0.05, 0.1) is 6.20 Å². The lowest BCUT2D eigenvalue weighted by molar-refractivity contribution is -0.376. The zero-order valence-electron chi connectivity index (χ0n) is 16.1. The van der Waals surface area contributed by atoms with Gasteiger partial charge in [0.2, 0.25) is 5.95 Å². The predicted molar refractivity (Wildman–Crippen MR) is 100 cm³/mol. The summed E-state index contributed by atoms with van der Waals surface area (Å²) in [6, 6.07) is -0.571. The number of piperazine rings is 1. The topological polar surface area (TPSA) is 126 Å². The lowest BCUT2D eigenvalue weighted by Gasteiger charge is -2.39. The minimum Gasteiger partial charge on any atom is -0.375 e. The molecule has 0 radical (unpaired) electrons. The molecule has 9 nitrogen and oxygen atoms in total. The van der Waals surface area contributed by atoms with Gasteiger partial charge >= 0.3 is 12.4 Å². The standard InChI is InChI=1S/C15H16F6N6O3S2/c1-8-7-26(32(29,30)10-6-23-11(22)31-10)2-3-27(8)12-24-4-9(5-25-12)13(28,14(16,17)18)15(19,20)21/h4-6,8,28H,2-3,7H2,1H3,(H2,22,23). The van der Waals surface area contributed by atoms with Gasteiger partial charge in [0.25, 0.3) is 15.6 Å². The van der Waals surface area contributed by atoms with Crippen LogP contribution in [0, 0.1) is 0 Å². The van der Waals surface area contributed by atoms with Crippen molar-refractivity contribution in [2.45, 2.75) is 35.1 Å². The van der Waals surface area contributed by atoms with Gasteiger partial charge in [0.1, 0.15) is 0 Å².